The Labute approximate surface area is 157 Å². The van der Waals surface area contributed by atoms with Gasteiger partial charge in [0.2, 0.25) is 0 Å². The average molecular weight is 385 g/mol. The van der Waals surface area contributed by atoms with Crippen molar-refractivity contribution in [3.05, 3.63) is 46.3 Å². The molecule has 0 spiro atoms. The maximum atomic E-state index is 14.1. The largest absolute Gasteiger partial charge is 2.00 e. The third-order valence-corrected chi connectivity index (χ3v) is 4.63. The summed E-state index contributed by atoms with van der Waals surface area (Å²) in [4.78, 5) is 15.8. The normalized spacial score (nSPS) is 13.9. The molecule has 3 heterocycles. The van der Waals surface area contributed by atoms with Crippen molar-refractivity contribution in [3.63, 3.8) is 0 Å². The zero-order chi connectivity index (χ0) is 15.3. The molecule has 24 heavy (non-hydrogen) atoms. The summed E-state index contributed by atoms with van der Waals surface area (Å²) in [7, 11) is 0. The summed E-state index contributed by atoms with van der Waals surface area (Å²) < 4.78 is 17.9. The van der Waals surface area contributed by atoms with Crippen molar-refractivity contribution < 1.29 is 33.5 Å². The first kappa shape index (κ1) is 18.9. The predicted octanol–water partition coefficient (Wildman–Crippen LogP) is -0.335. The molecule has 2 aromatic heterocycles. The van der Waals surface area contributed by atoms with E-state index in [2.05, 4.69) is 26.0 Å². The van der Waals surface area contributed by atoms with Crippen LogP contribution in [0.25, 0.3) is 10.9 Å². The Bertz CT molecular complexity index is 895. The molecule has 0 fully saturated rings. The number of aromatic nitrogens is 4. The number of imidazole rings is 1. The average Bonchev–Trinajstić information content (AvgIpc) is 3.20. The third-order valence-electron chi connectivity index (χ3n) is 4.01. The van der Waals surface area contributed by atoms with Crippen LogP contribution in [0.1, 0.15) is 23.9 Å². The van der Waals surface area contributed by atoms with E-state index in [0.29, 0.717) is 15.6 Å². The summed E-state index contributed by atoms with van der Waals surface area (Å²) in [6.45, 7) is 0.913. The van der Waals surface area contributed by atoms with Crippen LogP contribution < -0.4 is 18.9 Å². The fourth-order valence-corrected chi connectivity index (χ4v) is 3.27. The number of rotatable bonds is 3. The second kappa shape index (κ2) is 7.19. The summed E-state index contributed by atoms with van der Waals surface area (Å²) in [6.07, 6.45) is 7.30. The zero-order valence-electron chi connectivity index (χ0n) is 12.9. The fourth-order valence-electron chi connectivity index (χ4n) is 2.95. The van der Waals surface area contributed by atoms with Crippen molar-refractivity contribution in [3.8, 4) is 0 Å². The second-order valence-electron chi connectivity index (χ2n) is 5.30. The van der Waals surface area contributed by atoms with Crippen molar-refractivity contribution in [2.45, 2.75) is 25.4 Å². The molecule has 0 aliphatic carbocycles. The standard InChI is InChI=1S/C15H11BrFN4O.Li.O/c16-10-4-3-9-6-21(19-14(9)13(10)17)12(7-22)15-11-2-1-5-20(11)8-18-15;;/h3-4,6,8,12H,1-2,5H2;;/q-1;+1;-2. The SMILES string of the molecule is O=[C-]C(c1ncn2c1CCC2)n1cc2ccc(Br)c(F)c2n1.[Li+].[O-2]. The van der Waals surface area contributed by atoms with Crippen LogP contribution in [0.2, 0.25) is 0 Å². The summed E-state index contributed by atoms with van der Waals surface area (Å²) in [5.74, 6) is -0.434. The van der Waals surface area contributed by atoms with Crippen LogP contribution >= 0.6 is 15.9 Å². The molecule has 0 N–H and O–H groups in total. The molecule has 0 radical (unpaired) electrons. The van der Waals surface area contributed by atoms with E-state index in [0.717, 1.165) is 25.1 Å². The topological polar surface area (TPSA) is 81.2 Å². The Balaban J connectivity index is 0.00000104. The van der Waals surface area contributed by atoms with E-state index in [9.17, 15) is 9.18 Å². The fraction of sp³-hybridized carbons (Fsp3) is 0.267. The zero-order valence-corrected chi connectivity index (χ0v) is 14.5. The molecule has 1 unspecified atom stereocenters. The Kier molecular flexibility index (Phi) is 5.66. The molecule has 3 aromatic rings. The van der Waals surface area contributed by atoms with Crippen LogP contribution in [-0.2, 0) is 23.2 Å². The summed E-state index contributed by atoms with van der Waals surface area (Å²) in [5, 5.41) is 4.86. The number of carbonyl (C=O) groups excluding carboxylic acids is 1. The molecular formula is C15H11BrFLiN4O2-2. The minimum Gasteiger partial charge on any atom is -2.00 e. The first-order chi connectivity index (χ1) is 10.7. The van der Waals surface area contributed by atoms with Crippen LogP contribution in [-0.4, -0.2) is 25.6 Å². The predicted molar refractivity (Wildman–Crippen MR) is 82.5 cm³/mol. The smallest absolute Gasteiger partial charge is 1.00 e. The first-order valence-electron chi connectivity index (χ1n) is 6.93. The van der Waals surface area contributed by atoms with E-state index < -0.39 is 11.9 Å². The van der Waals surface area contributed by atoms with Crippen molar-refractivity contribution >= 4 is 33.1 Å². The van der Waals surface area contributed by atoms with Gasteiger partial charge in [0.15, 0.2) is 5.82 Å². The molecule has 1 aliphatic heterocycles. The van der Waals surface area contributed by atoms with Crippen LogP contribution in [0.15, 0.2) is 29.1 Å². The molecule has 120 valence electrons. The minimum atomic E-state index is -0.750. The minimum absolute atomic E-state index is 0. The van der Waals surface area contributed by atoms with E-state index >= 15 is 0 Å². The molecule has 9 heteroatoms. The number of hydrogen-bond donors (Lipinski definition) is 0. The monoisotopic (exact) mass is 384 g/mol. The molecule has 0 saturated carbocycles. The van der Waals surface area contributed by atoms with Gasteiger partial charge in [-0.25, -0.2) is 15.7 Å². The van der Waals surface area contributed by atoms with Crippen molar-refractivity contribution in [1.82, 2.24) is 19.3 Å². The Hall–Kier alpha value is -1.46. The van der Waals surface area contributed by atoms with Gasteiger partial charge in [-0.2, -0.15) is 5.10 Å². The van der Waals surface area contributed by atoms with E-state index in [-0.39, 0.29) is 29.9 Å². The van der Waals surface area contributed by atoms with Gasteiger partial charge in [0, 0.05) is 29.9 Å². The molecule has 6 nitrogen and oxygen atoms in total. The van der Waals surface area contributed by atoms with Gasteiger partial charge in [-0.3, -0.25) is 4.68 Å². The Morgan fingerprint density at radius 2 is 2.17 bits per heavy atom. The maximum Gasteiger partial charge on any atom is 1.00 e. The van der Waals surface area contributed by atoms with Gasteiger partial charge >= 0.3 is 18.9 Å². The molecule has 1 aromatic carbocycles. The van der Waals surface area contributed by atoms with E-state index in [4.69, 9.17) is 0 Å². The van der Waals surface area contributed by atoms with Crippen molar-refractivity contribution in [2.75, 3.05) is 0 Å². The molecular weight excluding hydrogens is 374 g/mol. The van der Waals surface area contributed by atoms with Gasteiger partial charge in [-0.1, -0.05) is 0 Å². The number of benzene rings is 1. The Morgan fingerprint density at radius 1 is 1.38 bits per heavy atom. The molecule has 0 saturated heterocycles. The number of halogens is 2. The molecule has 0 bridgehead atoms. The van der Waals surface area contributed by atoms with Gasteiger partial charge in [-0.15, -0.1) is 0 Å². The van der Waals surface area contributed by atoms with Crippen LogP contribution in [0, 0.1) is 5.82 Å². The second-order valence-corrected chi connectivity index (χ2v) is 6.16. The number of nitrogens with zero attached hydrogens (tertiary/aromatic N) is 4. The van der Waals surface area contributed by atoms with Gasteiger partial charge in [0.25, 0.3) is 0 Å². The summed E-state index contributed by atoms with van der Waals surface area (Å²) >= 11 is 3.14. The van der Waals surface area contributed by atoms with Gasteiger partial charge < -0.3 is 14.8 Å². The molecule has 1 aliphatic rings. The van der Waals surface area contributed by atoms with Crippen molar-refractivity contribution in [2.24, 2.45) is 0 Å². The molecule has 0 amide bonds. The quantitative estimate of drug-likeness (QED) is 0.457. The van der Waals surface area contributed by atoms with Crippen molar-refractivity contribution in [1.29, 1.82) is 0 Å². The number of hydrogen-bond acceptors (Lipinski definition) is 3. The summed E-state index contributed by atoms with van der Waals surface area (Å²) in [6, 6.07) is 2.63. The number of aryl methyl sites for hydroxylation is 1. The van der Waals surface area contributed by atoms with Gasteiger partial charge in [-0.05, 0) is 40.9 Å². The third kappa shape index (κ3) is 2.84. The number of fused-ring (bicyclic) bond motifs is 2. The first-order valence-corrected chi connectivity index (χ1v) is 7.73. The maximum absolute atomic E-state index is 14.1. The summed E-state index contributed by atoms with van der Waals surface area (Å²) in [5.41, 5.74) is 1.92. The van der Waals surface area contributed by atoms with Gasteiger partial charge in [0.1, 0.15) is 5.52 Å². The molecule has 1 atom stereocenters. The van der Waals surface area contributed by atoms with Crippen LogP contribution in [0.3, 0.4) is 0 Å². The van der Waals surface area contributed by atoms with Gasteiger partial charge in [0.05, 0.1) is 16.5 Å². The van der Waals surface area contributed by atoms with E-state index in [1.807, 2.05) is 10.9 Å². The molecule has 4 rings (SSSR count). The van der Waals surface area contributed by atoms with E-state index in [1.165, 1.54) is 4.68 Å². The van der Waals surface area contributed by atoms with Crippen LogP contribution in [0.4, 0.5) is 4.39 Å². The van der Waals surface area contributed by atoms with E-state index in [1.54, 1.807) is 24.7 Å². The van der Waals surface area contributed by atoms with Crippen LogP contribution in [0.5, 0.6) is 0 Å². The Morgan fingerprint density at radius 3 is 2.92 bits per heavy atom.